The first kappa shape index (κ1) is 7.17. The molecule has 0 amide bonds. The monoisotopic (exact) mass is 156 g/mol. The molecule has 0 unspecified atom stereocenters. The Balaban J connectivity index is 2.40. The van der Waals surface area contributed by atoms with E-state index in [1.807, 2.05) is 30.7 Å². The molecule has 0 atom stereocenters. The Kier molecular flexibility index (Phi) is 1.71. The van der Waals surface area contributed by atoms with Gasteiger partial charge in [0.2, 0.25) is 0 Å². The topological polar surface area (TPSA) is 26.0 Å². The highest BCUT2D eigenvalue weighted by Crippen LogP contribution is 2.22. The molecule has 0 aromatic heterocycles. The third-order valence-corrected chi connectivity index (χ3v) is 1.88. The first-order chi connectivity index (χ1) is 5.86. The fourth-order valence-corrected chi connectivity index (χ4v) is 1.28. The largest absolute Gasteiger partial charge is 0.399 e. The maximum absolute atomic E-state index is 5.66. The molecule has 59 valence electrons. The van der Waals surface area contributed by atoms with E-state index < -0.39 is 0 Å². The Morgan fingerprint density at radius 2 is 2.08 bits per heavy atom. The van der Waals surface area contributed by atoms with Crippen LogP contribution in [0, 0.1) is 6.42 Å². The minimum absolute atomic E-state index is 0.814. The summed E-state index contributed by atoms with van der Waals surface area (Å²) in [6.45, 7) is 0. The first-order valence-corrected chi connectivity index (χ1v) is 3.94. The van der Waals surface area contributed by atoms with E-state index in [1.165, 1.54) is 11.1 Å². The Labute approximate surface area is 72.2 Å². The predicted molar refractivity (Wildman–Crippen MR) is 52.3 cm³/mol. The molecule has 2 N–H and O–H groups in total. The Bertz CT molecular complexity index is 348. The van der Waals surface area contributed by atoms with Gasteiger partial charge < -0.3 is 5.73 Å². The van der Waals surface area contributed by atoms with Gasteiger partial charge in [-0.05, 0) is 23.3 Å². The summed E-state index contributed by atoms with van der Waals surface area (Å²) in [7, 11) is 0. The number of nitrogens with two attached hydrogens (primary N) is 1. The van der Waals surface area contributed by atoms with Crippen LogP contribution in [-0.4, -0.2) is 0 Å². The molecule has 1 heteroatoms. The molecule has 2 rings (SSSR count). The van der Waals surface area contributed by atoms with Crippen molar-refractivity contribution in [2.45, 2.75) is 0 Å². The van der Waals surface area contributed by atoms with E-state index in [0.29, 0.717) is 0 Å². The van der Waals surface area contributed by atoms with Gasteiger partial charge >= 0.3 is 0 Å². The molecule has 1 nitrogen and oxygen atoms in total. The highest BCUT2D eigenvalue weighted by atomic mass is 14.5. The number of hydrogen-bond donors (Lipinski definition) is 1. The van der Waals surface area contributed by atoms with Crippen LogP contribution in [0.2, 0.25) is 0 Å². The standard InChI is InChI=1S/C11H10N/c12-11-7-3-6-10(8-11)9-4-1-2-5-9/h1-8H,12H2. The van der Waals surface area contributed by atoms with Gasteiger partial charge in [0.25, 0.3) is 0 Å². The van der Waals surface area contributed by atoms with E-state index in [4.69, 9.17) is 5.73 Å². The summed E-state index contributed by atoms with van der Waals surface area (Å²) in [5.74, 6) is 0. The lowest BCUT2D eigenvalue weighted by atomic mass is 10.1. The average Bonchev–Trinajstić information content (AvgIpc) is 2.56. The van der Waals surface area contributed by atoms with E-state index >= 15 is 0 Å². The van der Waals surface area contributed by atoms with E-state index in [9.17, 15) is 0 Å². The highest BCUT2D eigenvalue weighted by molar-refractivity contribution is 5.79. The smallest absolute Gasteiger partial charge is 0.0320 e. The number of hydrogen-bond acceptors (Lipinski definition) is 1. The van der Waals surface area contributed by atoms with E-state index in [2.05, 4.69) is 18.2 Å². The fraction of sp³-hybridized carbons (Fsp3) is 0. The number of allylic oxidation sites excluding steroid dienone is 4. The van der Waals surface area contributed by atoms with Crippen LogP contribution in [0.3, 0.4) is 0 Å². The number of anilines is 1. The molecule has 0 saturated carbocycles. The maximum Gasteiger partial charge on any atom is 0.0320 e. The Morgan fingerprint density at radius 3 is 2.75 bits per heavy atom. The maximum atomic E-state index is 5.66. The van der Waals surface area contributed by atoms with Crippen molar-refractivity contribution < 1.29 is 0 Å². The van der Waals surface area contributed by atoms with Gasteiger partial charge in [-0.2, -0.15) is 0 Å². The molecule has 1 aliphatic rings. The van der Waals surface area contributed by atoms with Crippen molar-refractivity contribution in [3.8, 4) is 0 Å². The van der Waals surface area contributed by atoms with Gasteiger partial charge in [-0.1, -0.05) is 30.4 Å². The van der Waals surface area contributed by atoms with Crippen molar-refractivity contribution in [3.63, 3.8) is 0 Å². The van der Waals surface area contributed by atoms with Crippen LogP contribution in [0.1, 0.15) is 5.56 Å². The zero-order valence-electron chi connectivity index (χ0n) is 6.70. The second-order valence-corrected chi connectivity index (χ2v) is 2.80. The molecule has 0 fully saturated rings. The summed E-state index contributed by atoms with van der Waals surface area (Å²) >= 11 is 0. The predicted octanol–water partition coefficient (Wildman–Crippen LogP) is 2.43. The van der Waals surface area contributed by atoms with Gasteiger partial charge in [-0.3, -0.25) is 0 Å². The fourth-order valence-electron chi connectivity index (χ4n) is 1.28. The molecule has 12 heavy (non-hydrogen) atoms. The van der Waals surface area contributed by atoms with Gasteiger partial charge in [-0.15, -0.1) is 0 Å². The van der Waals surface area contributed by atoms with Crippen molar-refractivity contribution in [1.82, 2.24) is 0 Å². The van der Waals surface area contributed by atoms with Crippen LogP contribution in [0.25, 0.3) is 5.57 Å². The summed E-state index contributed by atoms with van der Waals surface area (Å²) in [5.41, 5.74) is 8.88. The van der Waals surface area contributed by atoms with Crippen LogP contribution < -0.4 is 5.73 Å². The quantitative estimate of drug-likeness (QED) is 0.621. The van der Waals surface area contributed by atoms with Crippen LogP contribution in [-0.2, 0) is 0 Å². The molecule has 1 aromatic rings. The third-order valence-electron chi connectivity index (χ3n) is 1.88. The SMILES string of the molecule is Nc1cccc(C2=C[CH]C=C2)c1. The van der Waals surface area contributed by atoms with Gasteiger partial charge in [0.15, 0.2) is 0 Å². The molecule has 0 aliphatic heterocycles. The normalized spacial score (nSPS) is 14.8. The Hall–Kier alpha value is -1.50. The lowest BCUT2D eigenvalue weighted by molar-refractivity contribution is 1.62. The third kappa shape index (κ3) is 1.26. The molecule has 0 spiro atoms. The lowest BCUT2D eigenvalue weighted by Crippen LogP contribution is -1.85. The van der Waals surface area contributed by atoms with Crippen molar-refractivity contribution >= 4 is 11.3 Å². The van der Waals surface area contributed by atoms with E-state index in [1.54, 1.807) is 0 Å². The molecule has 0 bridgehead atoms. The van der Waals surface area contributed by atoms with Crippen molar-refractivity contribution in [2.75, 3.05) is 5.73 Å². The molecule has 0 heterocycles. The zero-order chi connectivity index (χ0) is 8.39. The summed E-state index contributed by atoms with van der Waals surface area (Å²) < 4.78 is 0. The Morgan fingerprint density at radius 1 is 1.17 bits per heavy atom. The van der Waals surface area contributed by atoms with Crippen LogP contribution in [0.15, 0.2) is 42.5 Å². The van der Waals surface area contributed by atoms with Gasteiger partial charge in [0.05, 0.1) is 0 Å². The highest BCUT2D eigenvalue weighted by Gasteiger charge is 2.00. The van der Waals surface area contributed by atoms with E-state index in [0.717, 1.165) is 5.69 Å². The molecule has 1 aliphatic carbocycles. The van der Waals surface area contributed by atoms with Gasteiger partial charge in [-0.25, -0.2) is 0 Å². The number of benzene rings is 1. The summed E-state index contributed by atoms with van der Waals surface area (Å²) in [5, 5.41) is 0. The van der Waals surface area contributed by atoms with Crippen LogP contribution >= 0.6 is 0 Å². The van der Waals surface area contributed by atoms with Crippen LogP contribution in [0.5, 0.6) is 0 Å². The number of nitrogen functional groups attached to an aromatic ring is 1. The van der Waals surface area contributed by atoms with Crippen molar-refractivity contribution in [3.05, 3.63) is 54.5 Å². The zero-order valence-corrected chi connectivity index (χ0v) is 6.70. The molecular weight excluding hydrogens is 146 g/mol. The van der Waals surface area contributed by atoms with Crippen molar-refractivity contribution in [1.29, 1.82) is 0 Å². The second kappa shape index (κ2) is 2.86. The minimum Gasteiger partial charge on any atom is -0.399 e. The van der Waals surface area contributed by atoms with Crippen molar-refractivity contribution in [2.24, 2.45) is 0 Å². The molecule has 1 radical (unpaired) electrons. The van der Waals surface area contributed by atoms with Gasteiger partial charge in [0.1, 0.15) is 0 Å². The minimum atomic E-state index is 0.814. The van der Waals surface area contributed by atoms with E-state index in [-0.39, 0.29) is 0 Å². The van der Waals surface area contributed by atoms with Crippen LogP contribution in [0.4, 0.5) is 5.69 Å². The van der Waals surface area contributed by atoms with Gasteiger partial charge in [0, 0.05) is 12.1 Å². The number of rotatable bonds is 1. The first-order valence-electron chi connectivity index (χ1n) is 3.94. The second-order valence-electron chi connectivity index (χ2n) is 2.80. The molecule has 0 saturated heterocycles. The summed E-state index contributed by atoms with van der Waals surface area (Å²) in [6, 6.07) is 7.91. The lowest BCUT2D eigenvalue weighted by Gasteiger charge is -2.00. The molecular formula is C11H10N. The average molecular weight is 156 g/mol. The summed E-state index contributed by atoms with van der Waals surface area (Å²) in [4.78, 5) is 0. The summed E-state index contributed by atoms with van der Waals surface area (Å²) in [6.07, 6.45) is 8.21. The molecule has 1 aromatic carbocycles.